The monoisotopic (exact) mass is 316 g/mol. The molecule has 23 heavy (non-hydrogen) atoms. The fourth-order valence-corrected chi connectivity index (χ4v) is 3.44. The van der Waals surface area contributed by atoms with E-state index in [1.54, 1.807) is 7.11 Å². The number of anilines is 1. The summed E-state index contributed by atoms with van der Waals surface area (Å²) >= 11 is 0. The Bertz CT molecular complexity index is 627. The van der Waals surface area contributed by atoms with Gasteiger partial charge in [0.15, 0.2) is 0 Å². The lowest BCUT2D eigenvalue weighted by Crippen LogP contribution is -2.49. The summed E-state index contributed by atoms with van der Waals surface area (Å²) in [5, 5.41) is 2.79. The largest absolute Gasteiger partial charge is 0.497 e. The van der Waals surface area contributed by atoms with Gasteiger partial charge in [-0.2, -0.15) is 0 Å². The standard InChI is InChI=1S/C18H24N2O3/c1-11(2)13-8-12-9-14(23-3)4-6-16(12)20(10-13)18(22)15-5-7-17(21)19-15/h4,6,9,11,13,15H,5,7-8,10H2,1-3H3,(H,19,21)/t13?,15-/m1/s1. The molecule has 5 nitrogen and oxygen atoms in total. The number of carbonyl (C=O) groups excluding carboxylic acids is 2. The molecule has 5 heteroatoms. The highest BCUT2D eigenvalue weighted by atomic mass is 16.5. The number of ether oxygens (including phenoxy) is 1. The molecule has 1 aromatic carbocycles. The minimum Gasteiger partial charge on any atom is -0.497 e. The molecule has 0 aromatic heterocycles. The van der Waals surface area contributed by atoms with Gasteiger partial charge in [-0.15, -0.1) is 0 Å². The normalized spacial score (nSPS) is 23.7. The predicted molar refractivity (Wildman–Crippen MR) is 88.5 cm³/mol. The quantitative estimate of drug-likeness (QED) is 0.929. The van der Waals surface area contributed by atoms with Crippen LogP contribution in [0.1, 0.15) is 32.3 Å². The van der Waals surface area contributed by atoms with Crippen LogP contribution in [0.4, 0.5) is 5.69 Å². The molecule has 2 aliphatic heterocycles. The van der Waals surface area contributed by atoms with Crippen molar-refractivity contribution in [3.63, 3.8) is 0 Å². The lowest BCUT2D eigenvalue weighted by molar-refractivity contribution is -0.124. The zero-order valence-electron chi connectivity index (χ0n) is 14.0. The van der Waals surface area contributed by atoms with Crippen LogP contribution in [0, 0.1) is 11.8 Å². The highest BCUT2D eigenvalue weighted by molar-refractivity contribution is 6.01. The SMILES string of the molecule is COc1ccc2c(c1)CC(C(C)C)CN2C(=O)[C@H]1CCC(=O)N1. The zero-order chi connectivity index (χ0) is 16.6. The maximum absolute atomic E-state index is 12.9. The Morgan fingerprint density at radius 3 is 2.78 bits per heavy atom. The second-order valence-corrected chi connectivity index (χ2v) is 6.81. The number of nitrogens with one attached hydrogen (secondary N) is 1. The predicted octanol–water partition coefficient (Wildman–Crippen LogP) is 2.14. The summed E-state index contributed by atoms with van der Waals surface area (Å²) in [7, 11) is 1.65. The van der Waals surface area contributed by atoms with Crippen molar-refractivity contribution in [1.29, 1.82) is 0 Å². The van der Waals surface area contributed by atoms with Crippen molar-refractivity contribution in [3.8, 4) is 5.75 Å². The summed E-state index contributed by atoms with van der Waals surface area (Å²) in [6, 6.07) is 5.49. The molecule has 3 rings (SSSR count). The van der Waals surface area contributed by atoms with E-state index in [0.29, 0.717) is 31.2 Å². The second-order valence-electron chi connectivity index (χ2n) is 6.81. The molecular weight excluding hydrogens is 292 g/mol. The lowest BCUT2D eigenvalue weighted by Gasteiger charge is -2.37. The molecule has 2 heterocycles. The molecule has 1 unspecified atom stereocenters. The van der Waals surface area contributed by atoms with Crippen LogP contribution in [0.3, 0.4) is 0 Å². The first-order chi connectivity index (χ1) is 11.0. The van der Waals surface area contributed by atoms with Crippen molar-refractivity contribution in [2.45, 2.75) is 39.2 Å². The van der Waals surface area contributed by atoms with Gasteiger partial charge in [0.25, 0.3) is 0 Å². The van der Waals surface area contributed by atoms with Gasteiger partial charge in [0.05, 0.1) is 7.11 Å². The number of methoxy groups -OCH3 is 1. The van der Waals surface area contributed by atoms with Crippen molar-refractivity contribution in [3.05, 3.63) is 23.8 Å². The van der Waals surface area contributed by atoms with Crippen molar-refractivity contribution < 1.29 is 14.3 Å². The highest BCUT2D eigenvalue weighted by Gasteiger charge is 2.36. The van der Waals surface area contributed by atoms with Gasteiger partial charge in [0.2, 0.25) is 11.8 Å². The molecule has 1 N–H and O–H groups in total. The molecule has 0 aliphatic carbocycles. The maximum atomic E-state index is 12.9. The van der Waals surface area contributed by atoms with E-state index < -0.39 is 0 Å². The minimum absolute atomic E-state index is 0.00705. The minimum atomic E-state index is -0.386. The van der Waals surface area contributed by atoms with Crippen LogP contribution in [-0.4, -0.2) is 31.5 Å². The van der Waals surface area contributed by atoms with Crippen LogP contribution in [0.25, 0.3) is 0 Å². The number of hydrogen-bond acceptors (Lipinski definition) is 3. The molecular formula is C18H24N2O3. The first-order valence-corrected chi connectivity index (χ1v) is 8.27. The van der Waals surface area contributed by atoms with Crippen LogP contribution in [0.15, 0.2) is 18.2 Å². The Hall–Kier alpha value is -2.04. The third kappa shape index (κ3) is 3.05. The van der Waals surface area contributed by atoms with Crippen LogP contribution in [-0.2, 0) is 16.0 Å². The lowest BCUT2D eigenvalue weighted by atomic mass is 9.84. The average Bonchev–Trinajstić information content (AvgIpc) is 2.98. The molecule has 124 valence electrons. The molecule has 0 saturated carbocycles. The van der Waals surface area contributed by atoms with E-state index in [1.165, 1.54) is 0 Å². The summed E-state index contributed by atoms with van der Waals surface area (Å²) in [4.78, 5) is 26.2. The van der Waals surface area contributed by atoms with E-state index in [2.05, 4.69) is 19.2 Å². The van der Waals surface area contributed by atoms with E-state index in [1.807, 2.05) is 23.1 Å². The van der Waals surface area contributed by atoms with Crippen LogP contribution >= 0.6 is 0 Å². The van der Waals surface area contributed by atoms with Crippen molar-refractivity contribution in [2.75, 3.05) is 18.6 Å². The molecule has 2 aliphatic rings. The van der Waals surface area contributed by atoms with Gasteiger partial charge < -0.3 is 15.0 Å². The maximum Gasteiger partial charge on any atom is 0.249 e. The van der Waals surface area contributed by atoms with E-state index in [-0.39, 0.29) is 17.9 Å². The number of rotatable bonds is 3. The molecule has 1 aromatic rings. The van der Waals surface area contributed by atoms with Crippen molar-refractivity contribution >= 4 is 17.5 Å². The van der Waals surface area contributed by atoms with Crippen LogP contribution in [0.2, 0.25) is 0 Å². The van der Waals surface area contributed by atoms with Crippen molar-refractivity contribution in [2.24, 2.45) is 11.8 Å². The summed E-state index contributed by atoms with van der Waals surface area (Å²) in [5.74, 6) is 1.69. The van der Waals surface area contributed by atoms with Crippen LogP contribution in [0.5, 0.6) is 5.75 Å². The van der Waals surface area contributed by atoms with Gasteiger partial charge in [-0.25, -0.2) is 0 Å². The van der Waals surface area contributed by atoms with E-state index in [9.17, 15) is 9.59 Å². The number of amides is 2. The summed E-state index contributed by atoms with van der Waals surface area (Å²) in [6.07, 6.45) is 1.98. The molecule has 2 amide bonds. The Kier molecular flexibility index (Phi) is 4.28. The molecule has 1 saturated heterocycles. The van der Waals surface area contributed by atoms with Gasteiger partial charge in [-0.05, 0) is 48.4 Å². The van der Waals surface area contributed by atoms with Crippen molar-refractivity contribution in [1.82, 2.24) is 5.32 Å². The molecule has 0 bridgehead atoms. The third-order valence-corrected chi connectivity index (χ3v) is 4.98. The fraction of sp³-hybridized carbons (Fsp3) is 0.556. The van der Waals surface area contributed by atoms with E-state index in [0.717, 1.165) is 23.4 Å². The summed E-state index contributed by atoms with van der Waals surface area (Å²) < 4.78 is 5.33. The Labute approximate surface area is 137 Å². The second kappa shape index (κ2) is 6.22. The van der Waals surface area contributed by atoms with Crippen LogP contribution < -0.4 is 15.0 Å². The number of hydrogen-bond donors (Lipinski definition) is 1. The zero-order valence-corrected chi connectivity index (χ0v) is 14.0. The first-order valence-electron chi connectivity index (χ1n) is 8.27. The summed E-state index contributed by atoms with van der Waals surface area (Å²) in [5.41, 5.74) is 2.10. The molecule has 0 radical (unpaired) electrons. The van der Waals surface area contributed by atoms with Gasteiger partial charge in [0.1, 0.15) is 11.8 Å². The number of fused-ring (bicyclic) bond motifs is 1. The van der Waals surface area contributed by atoms with E-state index in [4.69, 9.17) is 4.74 Å². The van der Waals surface area contributed by atoms with E-state index >= 15 is 0 Å². The summed E-state index contributed by atoms with van der Waals surface area (Å²) in [6.45, 7) is 5.09. The molecule has 0 spiro atoms. The van der Waals surface area contributed by atoms with Gasteiger partial charge in [-0.1, -0.05) is 13.8 Å². The number of benzene rings is 1. The Balaban J connectivity index is 1.92. The van der Waals surface area contributed by atoms with Gasteiger partial charge in [-0.3, -0.25) is 9.59 Å². The third-order valence-electron chi connectivity index (χ3n) is 4.98. The average molecular weight is 316 g/mol. The molecule has 1 fully saturated rings. The number of carbonyl (C=O) groups is 2. The Morgan fingerprint density at radius 1 is 1.39 bits per heavy atom. The molecule has 2 atom stereocenters. The number of nitrogens with zero attached hydrogens (tertiary/aromatic N) is 1. The van der Waals surface area contributed by atoms with Gasteiger partial charge >= 0.3 is 0 Å². The smallest absolute Gasteiger partial charge is 0.249 e. The topological polar surface area (TPSA) is 58.6 Å². The first kappa shape index (κ1) is 15.8. The highest BCUT2D eigenvalue weighted by Crippen LogP contribution is 2.35. The fourth-order valence-electron chi connectivity index (χ4n) is 3.44. The Morgan fingerprint density at radius 2 is 2.17 bits per heavy atom. The van der Waals surface area contributed by atoms with Gasteiger partial charge in [0, 0.05) is 18.7 Å².